The number of methoxy groups -OCH3 is 3. The number of rotatable bonds is 5. The molecule has 0 spiro atoms. The predicted octanol–water partition coefficient (Wildman–Crippen LogP) is 2.96. The molecule has 7 nitrogen and oxygen atoms in total. The Morgan fingerprint density at radius 3 is 1.76 bits per heavy atom. The highest BCUT2D eigenvalue weighted by molar-refractivity contribution is 6.30. The summed E-state index contributed by atoms with van der Waals surface area (Å²) in [6, 6.07) is 10.1. The van der Waals surface area contributed by atoms with Crippen molar-refractivity contribution in [2.24, 2.45) is 0 Å². The summed E-state index contributed by atoms with van der Waals surface area (Å²) in [5, 5.41) is 0.520. The summed E-state index contributed by atoms with van der Waals surface area (Å²) in [6.07, 6.45) is 0. The quantitative estimate of drug-likeness (QED) is 0.746. The van der Waals surface area contributed by atoms with Gasteiger partial charge in [-0.25, -0.2) is 0 Å². The molecule has 0 aromatic heterocycles. The zero-order chi connectivity index (χ0) is 21.0. The van der Waals surface area contributed by atoms with E-state index < -0.39 is 0 Å². The van der Waals surface area contributed by atoms with Gasteiger partial charge in [0.2, 0.25) is 5.75 Å². The van der Waals surface area contributed by atoms with E-state index >= 15 is 0 Å². The van der Waals surface area contributed by atoms with E-state index in [9.17, 15) is 9.59 Å². The number of hydrogen-bond acceptors (Lipinski definition) is 5. The van der Waals surface area contributed by atoms with E-state index in [0.717, 1.165) is 0 Å². The fourth-order valence-corrected chi connectivity index (χ4v) is 3.49. The molecule has 0 atom stereocenters. The van der Waals surface area contributed by atoms with Gasteiger partial charge in [-0.2, -0.15) is 0 Å². The Bertz CT molecular complexity index is 885. The second-order valence-corrected chi connectivity index (χ2v) is 6.95. The van der Waals surface area contributed by atoms with Crippen molar-refractivity contribution < 1.29 is 23.8 Å². The Morgan fingerprint density at radius 1 is 0.793 bits per heavy atom. The molecule has 0 saturated carbocycles. The van der Waals surface area contributed by atoms with Crippen LogP contribution in [-0.4, -0.2) is 69.1 Å². The average molecular weight is 419 g/mol. The molecule has 2 aromatic rings. The minimum atomic E-state index is -0.154. The summed E-state index contributed by atoms with van der Waals surface area (Å²) in [6.45, 7) is 1.76. The van der Waals surface area contributed by atoms with Crippen molar-refractivity contribution in [3.05, 3.63) is 52.5 Å². The summed E-state index contributed by atoms with van der Waals surface area (Å²) in [4.78, 5) is 29.1. The molecule has 1 aliphatic heterocycles. The lowest BCUT2D eigenvalue weighted by Gasteiger charge is -2.35. The molecular weight excluding hydrogens is 396 g/mol. The molecule has 0 aliphatic carbocycles. The van der Waals surface area contributed by atoms with Crippen LogP contribution in [0.5, 0.6) is 17.2 Å². The van der Waals surface area contributed by atoms with Crippen LogP contribution in [0.4, 0.5) is 0 Å². The average Bonchev–Trinajstić information content (AvgIpc) is 2.77. The van der Waals surface area contributed by atoms with Gasteiger partial charge in [-0.3, -0.25) is 9.59 Å². The predicted molar refractivity (Wildman–Crippen MR) is 109 cm³/mol. The van der Waals surface area contributed by atoms with E-state index in [0.29, 0.717) is 59.6 Å². The normalized spacial score (nSPS) is 13.8. The number of halogens is 1. The molecule has 3 rings (SSSR count). The van der Waals surface area contributed by atoms with Gasteiger partial charge in [0.25, 0.3) is 11.8 Å². The molecule has 2 aromatic carbocycles. The Morgan fingerprint density at radius 2 is 1.31 bits per heavy atom. The molecule has 0 radical (unpaired) electrons. The SMILES string of the molecule is COc1cc(C(=O)N2CCN(C(=O)c3cccc(Cl)c3)CC2)cc(OC)c1OC. The Hall–Kier alpha value is -2.93. The lowest BCUT2D eigenvalue weighted by molar-refractivity contribution is 0.0535. The zero-order valence-electron chi connectivity index (χ0n) is 16.6. The Labute approximate surface area is 174 Å². The lowest BCUT2D eigenvalue weighted by atomic mass is 10.1. The minimum Gasteiger partial charge on any atom is -0.493 e. The van der Waals surface area contributed by atoms with Crippen molar-refractivity contribution >= 4 is 23.4 Å². The molecule has 0 N–H and O–H groups in total. The number of carbonyl (C=O) groups is 2. The summed E-state index contributed by atoms with van der Waals surface area (Å²) in [5.74, 6) is 1.03. The number of hydrogen-bond donors (Lipinski definition) is 0. The van der Waals surface area contributed by atoms with Crippen molar-refractivity contribution in [2.75, 3.05) is 47.5 Å². The van der Waals surface area contributed by atoms with Crippen molar-refractivity contribution in [3.63, 3.8) is 0 Å². The topological polar surface area (TPSA) is 68.3 Å². The highest BCUT2D eigenvalue weighted by Gasteiger charge is 2.27. The van der Waals surface area contributed by atoms with Gasteiger partial charge in [-0.1, -0.05) is 17.7 Å². The summed E-state index contributed by atoms with van der Waals surface area (Å²) < 4.78 is 16.0. The maximum atomic E-state index is 13.0. The van der Waals surface area contributed by atoms with Crippen LogP contribution in [-0.2, 0) is 0 Å². The van der Waals surface area contributed by atoms with Gasteiger partial charge in [0.15, 0.2) is 11.5 Å². The number of carbonyl (C=O) groups excluding carboxylic acids is 2. The largest absolute Gasteiger partial charge is 0.493 e. The molecule has 1 saturated heterocycles. The fourth-order valence-electron chi connectivity index (χ4n) is 3.30. The molecule has 2 amide bonds. The van der Waals surface area contributed by atoms with E-state index in [1.54, 1.807) is 46.2 Å². The van der Waals surface area contributed by atoms with E-state index in [2.05, 4.69) is 0 Å². The van der Waals surface area contributed by atoms with Crippen LogP contribution in [0, 0.1) is 0 Å². The lowest BCUT2D eigenvalue weighted by Crippen LogP contribution is -2.50. The van der Waals surface area contributed by atoms with Gasteiger partial charge in [0.1, 0.15) is 0 Å². The summed E-state index contributed by atoms with van der Waals surface area (Å²) in [7, 11) is 4.52. The number of ether oxygens (including phenoxy) is 3. The van der Waals surface area contributed by atoms with Gasteiger partial charge < -0.3 is 24.0 Å². The molecule has 1 aliphatic rings. The maximum Gasteiger partial charge on any atom is 0.254 e. The van der Waals surface area contributed by atoms with Crippen molar-refractivity contribution in [1.82, 2.24) is 9.80 Å². The molecule has 0 bridgehead atoms. The van der Waals surface area contributed by atoms with E-state index in [4.69, 9.17) is 25.8 Å². The molecule has 29 heavy (non-hydrogen) atoms. The van der Waals surface area contributed by atoms with Crippen LogP contribution < -0.4 is 14.2 Å². The Balaban J connectivity index is 1.71. The van der Waals surface area contributed by atoms with Crippen LogP contribution in [0.25, 0.3) is 0 Å². The number of nitrogens with zero attached hydrogens (tertiary/aromatic N) is 2. The van der Waals surface area contributed by atoms with Gasteiger partial charge in [-0.05, 0) is 30.3 Å². The smallest absolute Gasteiger partial charge is 0.254 e. The third-order valence-electron chi connectivity index (χ3n) is 4.84. The van der Waals surface area contributed by atoms with Crippen molar-refractivity contribution in [1.29, 1.82) is 0 Å². The third kappa shape index (κ3) is 4.40. The first kappa shape index (κ1) is 20.8. The van der Waals surface area contributed by atoms with Crippen LogP contribution in [0.1, 0.15) is 20.7 Å². The van der Waals surface area contributed by atoms with Crippen molar-refractivity contribution in [3.8, 4) is 17.2 Å². The van der Waals surface area contributed by atoms with Crippen LogP contribution in [0.2, 0.25) is 5.02 Å². The maximum absolute atomic E-state index is 13.0. The number of benzene rings is 2. The summed E-state index contributed by atoms with van der Waals surface area (Å²) in [5.41, 5.74) is 0.982. The van der Waals surface area contributed by atoms with E-state index in [1.165, 1.54) is 21.3 Å². The standard InChI is InChI=1S/C21H23ClN2O5/c1-27-17-12-15(13-18(28-2)19(17)29-3)21(26)24-9-7-23(8-10-24)20(25)14-5-4-6-16(22)11-14/h4-6,11-13H,7-10H2,1-3H3. The molecule has 1 heterocycles. The second-order valence-electron chi connectivity index (χ2n) is 6.51. The second kappa shape index (κ2) is 9.05. The fraction of sp³-hybridized carbons (Fsp3) is 0.333. The molecule has 154 valence electrons. The third-order valence-corrected chi connectivity index (χ3v) is 5.07. The monoisotopic (exact) mass is 418 g/mol. The highest BCUT2D eigenvalue weighted by Crippen LogP contribution is 2.38. The molecule has 8 heteroatoms. The van der Waals surface area contributed by atoms with Crippen LogP contribution in [0.3, 0.4) is 0 Å². The van der Waals surface area contributed by atoms with E-state index in [1.807, 2.05) is 0 Å². The highest BCUT2D eigenvalue weighted by atomic mass is 35.5. The van der Waals surface area contributed by atoms with E-state index in [-0.39, 0.29) is 11.8 Å². The van der Waals surface area contributed by atoms with Gasteiger partial charge >= 0.3 is 0 Å². The van der Waals surface area contributed by atoms with Gasteiger partial charge in [0.05, 0.1) is 21.3 Å². The first-order valence-electron chi connectivity index (χ1n) is 9.12. The Kier molecular flexibility index (Phi) is 6.49. The molecule has 0 unspecified atom stereocenters. The first-order valence-corrected chi connectivity index (χ1v) is 9.50. The van der Waals surface area contributed by atoms with Gasteiger partial charge in [-0.15, -0.1) is 0 Å². The van der Waals surface area contributed by atoms with Crippen LogP contribution >= 0.6 is 11.6 Å². The van der Waals surface area contributed by atoms with Crippen molar-refractivity contribution in [2.45, 2.75) is 0 Å². The zero-order valence-corrected chi connectivity index (χ0v) is 17.4. The first-order chi connectivity index (χ1) is 14.0. The van der Waals surface area contributed by atoms with Crippen LogP contribution in [0.15, 0.2) is 36.4 Å². The number of piperazine rings is 1. The van der Waals surface area contributed by atoms with Gasteiger partial charge in [0, 0.05) is 42.3 Å². The molecular formula is C21H23ClN2O5. The summed E-state index contributed by atoms with van der Waals surface area (Å²) >= 11 is 5.98. The molecule has 1 fully saturated rings. The minimum absolute atomic E-state index is 0.0904. The number of amides is 2.